The minimum absolute atomic E-state index is 0.150. The number of amides is 1. The average Bonchev–Trinajstić information content (AvgIpc) is 3.42. The highest BCUT2D eigenvalue weighted by Gasteiger charge is 2.39. The fourth-order valence-electron chi connectivity index (χ4n) is 3.90. The van der Waals surface area contributed by atoms with Gasteiger partial charge in [-0.25, -0.2) is 4.98 Å². The topological polar surface area (TPSA) is 75.0 Å². The lowest BCUT2D eigenvalue weighted by Gasteiger charge is -2.27. The summed E-state index contributed by atoms with van der Waals surface area (Å²) in [6.45, 7) is 0.795. The van der Waals surface area contributed by atoms with Gasteiger partial charge in [0.05, 0.1) is 11.3 Å². The van der Waals surface area contributed by atoms with Gasteiger partial charge in [0.2, 0.25) is 0 Å². The molecule has 1 aliphatic heterocycles. The Balaban J connectivity index is 1.74. The van der Waals surface area contributed by atoms with Gasteiger partial charge in [-0.1, -0.05) is 30.3 Å². The van der Waals surface area contributed by atoms with Gasteiger partial charge >= 0.3 is 0 Å². The predicted molar refractivity (Wildman–Crippen MR) is 102 cm³/mol. The molecule has 3 heterocycles. The highest BCUT2D eigenvalue weighted by atomic mass is 16.2. The van der Waals surface area contributed by atoms with Crippen LogP contribution in [0, 0.1) is 0 Å². The molecule has 0 radical (unpaired) electrons. The quantitative estimate of drug-likeness (QED) is 0.764. The number of nitrogens with two attached hydrogens (primary N) is 1. The van der Waals surface area contributed by atoms with Crippen LogP contribution >= 0.6 is 0 Å². The fourth-order valence-corrected chi connectivity index (χ4v) is 3.90. The van der Waals surface area contributed by atoms with Crippen molar-refractivity contribution < 1.29 is 4.79 Å². The molecule has 1 aromatic carbocycles. The minimum Gasteiger partial charge on any atom is -0.384 e. The van der Waals surface area contributed by atoms with E-state index in [1.807, 2.05) is 35.2 Å². The molecule has 5 rings (SSSR count). The number of nitrogens with one attached hydrogen (secondary N) is 1. The zero-order valence-corrected chi connectivity index (χ0v) is 14.4. The van der Waals surface area contributed by atoms with Crippen LogP contribution in [-0.4, -0.2) is 33.4 Å². The van der Waals surface area contributed by atoms with Gasteiger partial charge in [0.1, 0.15) is 5.82 Å². The molecule has 0 unspecified atom stereocenters. The highest BCUT2D eigenvalue weighted by molar-refractivity contribution is 6.07. The van der Waals surface area contributed by atoms with Gasteiger partial charge < -0.3 is 15.6 Å². The summed E-state index contributed by atoms with van der Waals surface area (Å²) in [4.78, 5) is 22.9. The molecule has 5 nitrogen and oxygen atoms in total. The van der Waals surface area contributed by atoms with Crippen LogP contribution in [0.15, 0.2) is 48.7 Å². The summed E-state index contributed by atoms with van der Waals surface area (Å²) in [6.07, 6.45) is 4.81. The number of benzene rings is 1. The molecule has 1 fully saturated rings. The second-order valence-electron chi connectivity index (χ2n) is 7.04. The van der Waals surface area contributed by atoms with Crippen molar-refractivity contribution >= 4 is 11.7 Å². The largest absolute Gasteiger partial charge is 0.384 e. The van der Waals surface area contributed by atoms with Crippen molar-refractivity contribution in [3.8, 4) is 22.4 Å². The number of anilines is 1. The lowest BCUT2D eigenvalue weighted by molar-refractivity contribution is 0.0727. The summed E-state index contributed by atoms with van der Waals surface area (Å²) >= 11 is 0. The molecule has 2 aliphatic rings. The van der Waals surface area contributed by atoms with E-state index in [1.54, 1.807) is 6.20 Å². The molecule has 3 aromatic rings. The first-order valence-electron chi connectivity index (χ1n) is 9.05. The van der Waals surface area contributed by atoms with Crippen molar-refractivity contribution in [3.05, 3.63) is 59.9 Å². The zero-order valence-electron chi connectivity index (χ0n) is 14.4. The van der Waals surface area contributed by atoms with Crippen molar-refractivity contribution in [2.45, 2.75) is 25.3 Å². The standard InChI is InChI=1S/C21H20N4O/c22-17-12-14(8-10-23-17)20-18(13-4-2-1-3-5-13)19-16(24-20)9-11-25(21(19)26)15-6-7-15/h1-5,8,10,12,15,24H,6-7,9,11H2,(H2,22,23). The molecule has 0 bridgehead atoms. The van der Waals surface area contributed by atoms with E-state index in [0.29, 0.717) is 11.9 Å². The Morgan fingerprint density at radius 1 is 1.08 bits per heavy atom. The maximum atomic E-state index is 13.3. The number of hydrogen-bond donors (Lipinski definition) is 2. The third-order valence-electron chi connectivity index (χ3n) is 5.27. The number of carbonyl (C=O) groups excluding carboxylic acids is 1. The van der Waals surface area contributed by atoms with Crippen LogP contribution in [0.25, 0.3) is 22.4 Å². The average molecular weight is 344 g/mol. The van der Waals surface area contributed by atoms with Crippen molar-refractivity contribution in [1.29, 1.82) is 0 Å². The van der Waals surface area contributed by atoms with E-state index in [-0.39, 0.29) is 5.91 Å². The number of H-pyrrole nitrogens is 1. The normalized spacial score (nSPS) is 16.6. The number of aromatic nitrogens is 2. The third kappa shape index (κ3) is 2.39. The Hall–Kier alpha value is -3.08. The molecule has 0 spiro atoms. The Labute approximate surface area is 151 Å². The lowest BCUT2D eigenvalue weighted by Crippen LogP contribution is -2.39. The van der Waals surface area contributed by atoms with E-state index in [1.165, 1.54) is 0 Å². The third-order valence-corrected chi connectivity index (χ3v) is 5.27. The summed E-state index contributed by atoms with van der Waals surface area (Å²) in [5, 5.41) is 0. The smallest absolute Gasteiger partial charge is 0.256 e. The number of hydrogen-bond acceptors (Lipinski definition) is 3. The van der Waals surface area contributed by atoms with E-state index in [9.17, 15) is 4.79 Å². The molecule has 1 aliphatic carbocycles. The number of pyridine rings is 1. The van der Waals surface area contributed by atoms with Gasteiger partial charge in [0, 0.05) is 42.0 Å². The van der Waals surface area contributed by atoms with Crippen molar-refractivity contribution in [2.75, 3.05) is 12.3 Å². The Morgan fingerprint density at radius 2 is 1.88 bits per heavy atom. The highest BCUT2D eigenvalue weighted by Crippen LogP contribution is 2.41. The summed E-state index contributed by atoms with van der Waals surface area (Å²) < 4.78 is 0. The monoisotopic (exact) mass is 344 g/mol. The SMILES string of the molecule is Nc1cc(-c2[nH]c3c(c2-c2ccccc2)C(=O)N(C2CC2)CC3)ccn1. The van der Waals surface area contributed by atoms with Crippen LogP contribution in [0.5, 0.6) is 0 Å². The Bertz CT molecular complexity index is 989. The van der Waals surface area contributed by atoms with Gasteiger partial charge in [-0.2, -0.15) is 0 Å². The predicted octanol–water partition coefficient (Wildman–Crippen LogP) is 3.49. The lowest BCUT2D eigenvalue weighted by atomic mass is 9.94. The van der Waals surface area contributed by atoms with E-state index < -0.39 is 0 Å². The van der Waals surface area contributed by atoms with Crippen molar-refractivity contribution in [3.63, 3.8) is 0 Å². The summed E-state index contributed by atoms with van der Waals surface area (Å²) in [6, 6.07) is 14.3. The number of carbonyl (C=O) groups is 1. The van der Waals surface area contributed by atoms with Crippen LogP contribution in [0.2, 0.25) is 0 Å². The molecular weight excluding hydrogens is 324 g/mol. The first kappa shape index (κ1) is 15.2. The fraction of sp³-hybridized carbons (Fsp3) is 0.238. The maximum absolute atomic E-state index is 13.3. The van der Waals surface area contributed by atoms with Crippen LogP contribution in [0.1, 0.15) is 28.9 Å². The molecule has 2 aromatic heterocycles. The van der Waals surface area contributed by atoms with Crippen LogP contribution < -0.4 is 5.73 Å². The van der Waals surface area contributed by atoms with E-state index in [0.717, 1.165) is 59.4 Å². The van der Waals surface area contributed by atoms with Gasteiger partial charge in [-0.05, 0) is 30.5 Å². The number of nitrogen functional groups attached to an aromatic ring is 1. The van der Waals surface area contributed by atoms with Gasteiger partial charge in [-0.3, -0.25) is 4.79 Å². The molecule has 3 N–H and O–H groups in total. The van der Waals surface area contributed by atoms with Crippen molar-refractivity contribution in [2.24, 2.45) is 0 Å². The number of rotatable bonds is 3. The van der Waals surface area contributed by atoms with Crippen LogP contribution in [-0.2, 0) is 6.42 Å². The molecule has 130 valence electrons. The molecule has 1 amide bonds. The second kappa shape index (κ2) is 5.73. The maximum Gasteiger partial charge on any atom is 0.256 e. The Morgan fingerprint density at radius 3 is 2.62 bits per heavy atom. The zero-order chi connectivity index (χ0) is 17.7. The van der Waals surface area contributed by atoms with E-state index in [2.05, 4.69) is 22.1 Å². The van der Waals surface area contributed by atoms with Gasteiger partial charge in [0.25, 0.3) is 5.91 Å². The Kier molecular flexibility index (Phi) is 3.35. The molecule has 5 heteroatoms. The van der Waals surface area contributed by atoms with Crippen molar-refractivity contribution in [1.82, 2.24) is 14.9 Å². The second-order valence-corrected chi connectivity index (χ2v) is 7.04. The minimum atomic E-state index is 0.150. The molecule has 0 atom stereocenters. The number of nitrogens with zero attached hydrogens (tertiary/aromatic N) is 2. The molecule has 26 heavy (non-hydrogen) atoms. The number of fused-ring (bicyclic) bond motifs is 1. The van der Waals surface area contributed by atoms with E-state index >= 15 is 0 Å². The summed E-state index contributed by atoms with van der Waals surface area (Å²) in [5.41, 5.74) is 11.7. The van der Waals surface area contributed by atoms with Gasteiger partial charge in [0.15, 0.2) is 0 Å². The molecular formula is C21H20N4O. The number of aromatic amines is 1. The first-order chi connectivity index (χ1) is 12.7. The van der Waals surface area contributed by atoms with Crippen LogP contribution in [0.4, 0.5) is 5.82 Å². The van der Waals surface area contributed by atoms with E-state index in [4.69, 9.17) is 5.73 Å². The first-order valence-corrected chi connectivity index (χ1v) is 9.05. The summed E-state index contributed by atoms with van der Waals surface area (Å²) in [5.74, 6) is 0.622. The summed E-state index contributed by atoms with van der Waals surface area (Å²) in [7, 11) is 0. The van der Waals surface area contributed by atoms with Crippen LogP contribution in [0.3, 0.4) is 0 Å². The van der Waals surface area contributed by atoms with Gasteiger partial charge in [-0.15, -0.1) is 0 Å². The molecule has 1 saturated carbocycles. The molecule has 0 saturated heterocycles.